The third kappa shape index (κ3) is 2.85. The van der Waals surface area contributed by atoms with Gasteiger partial charge in [0.15, 0.2) is 0 Å². The number of rotatable bonds is 4. The minimum atomic E-state index is -4.20. The van der Waals surface area contributed by atoms with Crippen LogP contribution in [0.4, 0.5) is 13.2 Å². The number of nitrogens with zero attached hydrogens (tertiary/aromatic N) is 1. The highest BCUT2D eigenvalue weighted by Crippen LogP contribution is 2.25. The Morgan fingerprint density at radius 1 is 1.22 bits per heavy atom. The molecule has 0 amide bonds. The molecule has 5 heteroatoms. The quantitative estimate of drug-likeness (QED) is 0.888. The molecule has 2 aromatic rings. The van der Waals surface area contributed by atoms with E-state index in [1.165, 1.54) is 4.57 Å². The Morgan fingerprint density at radius 3 is 2.61 bits per heavy atom. The normalized spacial score (nSPS) is 12.2. The smallest absolute Gasteiger partial charge is 0.338 e. The lowest BCUT2D eigenvalue weighted by Gasteiger charge is -2.08. The van der Waals surface area contributed by atoms with Crippen LogP contribution < -0.4 is 5.32 Å². The second-order valence-corrected chi connectivity index (χ2v) is 4.19. The highest BCUT2D eigenvalue weighted by molar-refractivity contribution is 5.83. The summed E-state index contributed by atoms with van der Waals surface area (Å²) in [5.41, 5.74) is 1.53. The molecule has 0 atom stereocenters. The van der Waals surface area contributed by atoms with Crippen LogP contribution in [0, 0.1) is 0 Å². The van der Waals surface area contributed by atoms with E-state index in [2.05, 4.69) is 5.32 Å². The van der Waals surface area contributed by atoms with Crippen LogP contribution in [-0.2, 0) is 13.1 Å². The van der Waals surface area contributed by atoms with Gasteiger partial charge in [0.1, 0.15) is 6.54 Å². The molecule has 2 rings (SSSR count). The summed E-state index contributed by atoms with van der Waals surface area (Å²) in [6.45, 7) is 2.40. The van der Waals surface area contributed by atoms with E-state index in [0.717, 1.165) is 17.5 Å². The second-order valence-electron chi connectivity index (χ2n) is 4.19. The Balaban J connectivity index is 2.41. The summed E-state index contributed by atoms with van der Waals surface area (Å²) < 4.78 is 38.7. The lowest BCUT2D eigenvalue weighted by Crippen LogP contribution is -2.17. The van der Waals surface area contributed by atoms with Crippen LogP contribution in [0.3, 0.4) is 0 Å². The van der Waals surface area contributed by atoms with Crippen molar-refractivity contribution in [3.05, 3.63) is 36.0 Å². The molecule has 18 heavy (non-hydrogen) atoms. The molecule has 1 heterocycles. The molecule has 98 valence electrons. The summed E-state index contributed by atoms with van der Waals surface area (Å²) in [6, 6.07) is 7.17. The Hall–Kier alpha value is -1.49. The van der Waals surface area contributed by atoms with Gasteiger partial charge in [-0.05, 0) is 18.2 Å². The molecule has 0 spiro atoms. The van der Waals surface area contributed by atoms with E-state index in [-0.39, 0.29) is 0 Å². The number of nitrogens with one attached hydrogen (secondary N) is 1. The molecule has 1 N–H and O–H groups in total. The Kier molecular flexibility index (Phi) is 3.61. The van der Waals surface area contributed by atoms with E-state index < -0.39 is 12.7 Å². The van der Waals surface area contributed by atoms with Crippen LogP contribution in [0.1, 0.15) is 12.5 Å². The average molecular weight is 256 g/mol. The number of para-hydroxylation sites is 1. The summed E-state index contributed by atoms with van der Waals surface area (Å²) in [4.78, 5) is 0. The average Bonchev–Trinajstić information content (AvgIpc) is 2.63. The molecule has 0 aliphatic rings. The first kappa shape index (κ1) is 13.0. The van der Waals surface area contributed by atoms with Gasteiger partial charge in [-0.2, -0.15) is 13.2 Å². The van der Waals surface area contributed by atoms with Crippen molar-refractivity contribution in [3.8, 4) is 0 Å². The van der Waals surface area contributed by atoms with Crippen LogP contribution in [0.5, 0.6) is 0 Å². The van der Waals surface area contributed by atoms with Gasteiger partial charge in [0.2, 0.25) is 0 Å². The topological polar surface area (TPSA) is 17.0 Å². The molecule has 2 nitrogen and oxygen atoms in total. The minimum Gasteiger partial charge on any atom is -0.338 e. The largest absolute Gasteiger partial charge is 0.406 e. The van der Waals surface area contributed by atoms with Crippen molar-refractivity contribution >= 4 is 10.9 Å². The molecule has 0 saturated carbocycles. The number of halogens is 3. The number of aromatic nitrogens is 1. The summed E-state index contributed by atoms with van der Waals surface area (Å²) in [5.74, 6) is 0. The maximum Gasteiger partial charge on any atom is 0.406 e. The third-order valence-corrected chi connectivity index (χ3v) is 2.79. The van der Waals surface area contributed by atoms with Crippen molar-refractivity contribution in [2.24, 2.45) is 0 Å². The molecular formula is C13H15F3N2. The van der Waals surface area contributed by atoms with E-state index >= 15 is 0 Å². The predicted octanol–water partition coefficient (Wildman–Crippen LogP) is 3.31. The number of hydrogen-bond acceptors (Lipinski definition) is 1. The van der Waals surface area contributed by atoms with E-state index in [4.69, 9.17) is 0 Å². The van der Waals surface area contributed by atoms with E-state index in [1.54, 1.807) is 18.3 Å². The van der Waals surface area contributed by atoms with Gasteiger partial charge in [-0.15, -0.1) is 0 Å². The molecule has 0 radical (unpaired) electrons. The van der Waals surface area contributed by atoms with Gasteiger partial charge in [-0.1, -0.05) is 25.1 Å². The number of hydrogen-bond donors (Lipinski definition) is 1. The molecule has 1 aromatic heterocycles. The highest BCUT2D eigenvalue weighted by atomic mass is 19.4. The lowest BCUT2D eigenvalue weighted by molar-refractivity contribution is -0.139. The van der Waals surface area contributed by atoms with Gasteiger partial charge >= 0.3 is 6.18 Å². The van der Waals surface area contributed by atoms with Crippen molar-refractivity contribution in [1.82, 2.24) is 9.88 Å². The first-order chi connectivity index (χ1) is 8.51. The SMILES string of the molecule is CCNCc1cn(CC(F)(F)F)c2ccccc12. The molecule has 0 aliphatic heterocycles. The lowest BCUT2D eigenvalue weighted by atomic mass is 10.2. The van der Waals surface area contributed by atoms with Crippen molar-refractivity contribution in [1.29, 1.82) is 0 Å². The van der Waals surface area contributed by atoms with Crippen LogP contribution >= 0.6 is 0 Å². The summed E-state index contributed by atoms with van der Waals surface area (Å²) in [6.07, 6.45) is -2.61. The van der Waals surface area contributed by atoms with E-state index in [9.17, 15) is 13.2 Å². The van der Waals surface area contributed by atoms with Gasteiger partial charge in [0.05, 0.1) is 0 Å². The van der Waals surface area contributed by atoms with Crippen molar-refractivity contribution in [2.75, 3.05) is 6.54 Å². The van der Waals surface area contributed by atoms with Crippen LogP contribution in [0.15, 0.2) is 30.5 Å². The Morgan fingerprint density at radius 2 is 1.94 bits per heavy atom. The van der Waals surface area contributed by atoms with Crippen molar-refractivity contribution < 1.29 is 13.2 Å². The standard InChI is InChI=1S/C13H15F3N2/c1-2-17-7-10-8-18(9-13(14,15)16)12-6-4-3-5-11(10)12/h3-6,8,17H,2,7,9H2,1H3. The Bertz CT molecular complexity index is 529. The van der Waals surface area contributed by atoms with Gasteiger partial charge in [-0.3, -0.25) is 0 Å². The van der Waals surface area contributed by atoms with Crippen molar-refractivity contribution in [2.45, 2.75) is 26.2 Å². The monoisotopic (exact) mass is 256 g/mol. The van der Waals surface area contributed by atoms with Crippen LogP contribution in [0.25, 0.3) is 10.9 Å². The molecule has 0 saturated heterocycles. The van der Waals surface area contributed by atoms with Crippen LogP contribution in [0.2, 0.25) is 0 Å². The van der Waals surface area contributed by atoms with Crippen molar-refractivity contribution in [3.63, 3.8) is 0 Å². The fourth-order valence-corrected chi connectivity index (χ4v) is 2.05. The first-order valence-corrected chi connectivity index (χ1v) is 5.85. The molecule has 0 unspecified atom stereocenters. The zero-order valence-electron chi connectivity index (χ0n) is 10.1. The molecule has 0 fully saturated rings. The highest BCUT2D eigenvalue weighted by Gasteiger charge is 2.28. The molecule has 1 aromatic carbocycles. The second kappa shape index (κ2) is 5.02. The molecular weight excluding hydrogens is 241 g/mol. The maximum absolute atomic E-state index is 12.5. The zero-order chi connectivity index (χ0) is 13.2. The zero-order valence-corrected chi connectivity index (χ0v) is 10.1. The summed E-state index contributed by atoms with van der Waals surface area (Å²) >= 11 is 0. The predicted molar refractivity (Wildman–Crippen MR) is 65.4 cm³/mol. The fourth-order valence-electron chi connectivity index (χ4n) is 2.05. The maximum atomic E-state index is 12.5. The molecule has 0 aliphatic carbocycles. The van der Waals surface area contributed by atoms with Crippen LogP contribution in [-0.4, -0.2) is 17.3 Å². The van der Waals surface area contributed by atoms with Gasteiger partial charge in [-0.25, -0.2) is 0 Å². The minimum absolute atomic E-state index is 0.585. The number of fused-ring (bicyclic) bond motifs is 1. The van der Waals surface area contributed by atoms with Gasteiger partial charge in [0.25, 0.3) is 0 Å². The summed E-state index contributed by atoms with van der Waals surface area (Å²) in [7, 11) is 0. The van der Waals surface area contributed by atoms with Gasteiger partial charge in [0, 0.05) is 23.6 Å². The van der Waals surface area contributed by atoms with Gasteiger partial charge < -0.3 is 9.88 Å². The van der Waals surface area contributed by atoms with E-state index in [0.29, 0.717) is 12.1 Å². The third-order valence-electron chi connectivity index (χ3n) is 2.79. The fraction of sp³-hybridized carbons (Fsp3) is 0.385. The summed E-state index contributed by atoms with van der Waals surface area (Å²) in [5, 5.41) is 4.02. The first-order valence-electron chi connectivity index (χ1n) is 5.85. The van der Waals surface area contributed by atoms with E-state index in [1.807, 2.05) is 19.1 Å². The molecule has 0 bridgehead atoms. The number of benzene rings is 1. The number of alkyl halides is 3. The Labute approximate surface area is 103 Å².